The molecule has 0 radical (unpaired) electrons. The van der Waals surface area contributed by atoms with Crippen LogP contribution in [0.5, 0.6) is 0 Å². The van der Waals surface area contributed by atoms with Crippen LogP contribution in [0.4, 0.5) is 5.69 Å². The van der Waals surface area contributed by atoms with Crippen molar-refractivity contribution in [1.82, 2.24) is 5.32 Å². The van der Waals surface area contributed by atoms with Gasteiger partial charge in [-0.15, -0.1) is 0 Å². The number of anilines is 1. The van der Waals surface area contributed by atoms with Gasteiger partial charge < -0.3 is 10.2 Å². The molecule has 1 aliphatic rings. The van der Waals surface area contributed by atoms with Crippen LogP contribution in [0.3, 0.4) is 0 Å². The highest BCUT2D eigenvalue weighted by Crippen LogP contribution is 2.22. The number of carbonyl (C=O) groups is 1. The summed E-state index contributed by atoms with van der Waals surface area (Å²) < 4.78 is 0. The second kappa shape index (κ2) is 4.88. The van der Waals surface area contributed by atoms with Gasteiger partial charge in [-0.2, -0.15) is 5.26 Å². The predicted molar refractivity (Wildman–Crippen MR) is 65.7 cm³/mol. The summed E-state index contributed by atoms with van der Waals surface area (Å²) in [5, 5.41) is 11.9. The number of nitrogens with one attached hydrogen (secondary N) is 1. The van der Waals surface area contributed by atoms with Crippen molar-refractivity contribution in [2.24, 2.45) is 0 Å². The zero-order valence-electron chi connectivity index (χ0n) is 9.86. The van der Waals surface area contributed by atoms with E-state index in [0.29, 0.717) is 18.7 Å². The standard InChI is InChI=1S/C13H15N3O/c1-10-3-4-11(8-14)12(7-10)16-6-2-5-15-13(17)9-16/h3-4,7H,2,5-6,9H2,1H3,(H,15,17). The first-order chi connectivity index (χ1) is 8.20. The highest BCUT2D eigenvalue weighted by Gasteiger charge is 2.17. The van der Waals surface area contributed by atoms with E-state index in [2.05, 4.69) is 11.4 Å². The van der Waals surface area contributed by atoms with Gasteiger partial charge in [0.15, 0.2) is 0 Å². The van der Waals surface area contributed by atoms with Crippen LogP contribution in [0.1, 0.15) is 17.5 Å². The first kappa shape index (κ1) is 11.5. The van der Waals surface area contributed by atoms with Crippen LogP contribution in [-0.2, 0) is 4.79 Å². The van der Waals surface area contributed by atoms with Crippen LogP contribution >= 0.6 is 0 Å². The number of aryl methyl sites for hydroxylation is 1. The molecule has 0 spiro atoms. The fraction of sp³-hybridized carbons (Fsp3) is 0.385. The fourth-order valence-corrected chi connectivity index (χ4v) is 2.01. The molecule has 1 fully saturated rings. The van der Waals surface area contributed by atoms with Gasteiger partial charge in [-0.05, 0) is 31.0 Å². The molecule has 0 aromatic heterocycles. The molecule has 0 saturated carbocycles. The molecule has 1 saturated heterocycles. The largest absolute Gasteiger partial charge is 0.361 e. The topological polar surface area (TPSA) is 56.1 Å². The summed E-state index contributed by atoms with van der Waals surface area (Å²) in [7, 11) is 0. The molecule has 1 N–H and O–H groups in total. The predicted octanol–water partition coefficient (Wildman–Crippen LogP) is 1.19. The molecule has 0 aliphatic carbocycles. The number of hydrogen-bond acceptors (Lipinski definition) is 3. The maximum absolute atomic E-state index is 11.5. The van der Waals surface area contributed by atoms with Crippen LogP contribution in [0.2, 0.25) is 0 Å². The van der Waals surface area contributed by atoms with Crippen molar-refractivity contribution in [2.45, 2.75) is 13.3 Å². The Kier molecular flexibility index (Phi) is 3.29. The van der Waals surface area contributed by atoms with Gasteiger partial charge in [-0.3, -0.25) is 4.79 Å². The van der Waals surface area contributed by atoms with Gasteiger partial charge in [-0.1, -0.05) is 6.07 Å². The molecular weight excluding hydrogens is 214 g/mol. The van der Waals surface area contributed by atoms with Crippen molar-refractivity contribution in [3.05, 3.63) is 29.3 Å². The zero-order valence-corrected chi connectivity index (χ0v) is 9.86. The smallest absolute Gasteiger partial charge is 0.239 e. The minimum absolute atomic E-state index is 0.0212. The number of amides is 1. The molecule has 1 heterocycles. The highest BCUT2D eigenvalue weighted by atomic mass is 16.2. The molecule has 1 amide bonds. The van der Waals surface area contributed by atoms with Crippen LogP contribution in [0, 0.1) is 18.3 Å². The Labute approximate surface area is 101 Å². The third-order valence-electron chi connectivity index (χ3n) is 2.88. The van der Waals surface area contributed by atoms with Crippen molar-refractivity contribution in [1.29, 1.82) is 5.26 Å². The van der Waals surface area contributed by atoms with E-state index in [1.54, 1.807) is 0 Å². The monoisotopic (exact) mass is 229 g/mol. The number of benzene rings is 1. The lowest BCUT2D eigenvalue weighted by atomic mass is 10.1. The number of carbonyl (C=O) groups excluding carboxylic acids is 1. The number of nitriles is 1. The molecule has 1 aliphatic heterocycles. The fourth-order valence-electron chi connectivity index (χ4n) is 2.01. The Morgan fingerprint density at radius 3 is 3.06 bits per heavy atom. The average Bonchev–Trinajstić information content (AvgIpc) is 2.54. The summed E-state index contributed by atoms with van der Waals surface area (Å²) in [6.45, 7) is 3.83. The lowest BCUT2D eigenvalue weighted by Gasteiger charge is -2.22. The Morgan fingerprint density at radius 2 is 2.29 bits per heavy atom. The number of hydrogen-bond donors (Lipinski definition) is 1. The average molecular weight is 229 g/mol. The van der Waals surface area contributed by atoms with E-state index in [-0.39, 0.29) is 5.91 Å². The van der Waals surface area contributed by atoms with Gasteiger partial charge >= 0.3 is 0 Å². The van der Waals surface area contributed by atoms with Crippen molar-refractivity contribution in [3.8, 4) is 6.07 Å². The maximum atomic E-state index is 11.5. The molecule has 4 nitrogen and oxygen atoms in total. The molecule has 0 atom stereocenters. The van der Waals surface area contributed by atoms with Crippen LogP contribution < -0.4 is 10.2 Å². The van der Waals surface area contributed by atoms with Gasteiger partial charge in [-0.25, -0.2) is 0 Å². The van der Waals surface area contributed by atoms with Gasteiger partial charge in [0.05, 0.1) is 17.8 Å². The third-order valence-corrected chi connectivity index (χ3v) is 2.88. The SMILES string of the molecule is Cc1ccc(C#N)c(N2CCCNC(=O)C2)c1. The molecule has 17 heavy (non-hydrogen) atoms. The second-order valence-electron chi connectivity index (χ2n) is 4.26. The van der Waals surface area contributed by atoms with E-state index >= 15 is 0 Å². The Hall–Kier alpha value is -2.02. The molecule has 1 aromatic rings. The number of nitrogens with zero attached hydrogens (tertiary/aromatic N) is 2. The summed E-state index contributed by atoms with van der Waals surface area (Å²) in [6.07, 6.45) is 0.907. The van der Waals surface area contributed by atoms with Gasteiger partial charge in [0.25, 0.3) is 0 Å². The van der Waals surface area contributed by atoms with Crippen molar-refractivity contribution in [2.75, 3.05) is 24.5 Å². The van der Waals surface area contributed by atoms with E-state index in [0.717, 1.165) is 24.2 Å². The molecule has 0 bridgehead atoms. The van der Waals surface area contributed by atoms with Gasteiger partial charge in [0.2, 0.25) is 5.91 Å². The minimum Gasteiger partial charge on any atom is -0.361 e. The van der Waals surface area contributed by atoms with Crippen molar-refractivity contribution >= 4 is 11.6 Å². The van der Waals surface area contributed by atoms with Gasteiger partial charge in [0.1, 0.15) is 6.07 Å². The maximum Gasteiger partial charge on any atom is 0.239 e. The second-order valence-corrected chi connectivity index (χ2v) is 4.26. The molecule has 88 valence electrons. The summed E-state index contributed by atoms with van der Waals surface area (Å²) in [5.74, 6) is 0.0212. The normalized spacial score (nSPS) is 16.0. The number of rotatable bonds is 1. The quantitative estimate of drug-likeness (QED) is 0.787. The van der Waals surface area contributed by atoms with E-state index in [1.807, 2.05) is 30.0 Å². The summed E-state index contributed by atoms with van der Waals surface area (Å²) in [4.78, 5) is 13.5. The first-order valence-electron chi connectivity index (χ1n) is 5.73. The third kappa shape index (κ3) is 2.56. The summed E-state index contributed by atoms with van der Waals surface area (Å²) in [6, 6.07) is 7.88. The summed E-state index contributed by atoms with van der Waals surface area (Å²) >= 11 is 0. The lowest BCUT2D eigenvalue weighted by Crippen LogP contribution is -2.33. The summed E-state index contributed by atoms with van der Waals surface area (Å²) in [5.41, 5.74) is 2.60. The van der Waals surface area contributed by atoms with Crippen LogP contribution in [-0.4, -0.2) is 25.5 Å². The first-order valence-corrected chi connectivity index (χ1v) is 5.73. The van der Waals surface area contributed by atoms with Crippen molar-refractivity contribution < 1.29 is 4.79 Å². The molecule has 4 heteroatoms. The molecule has 1 aromatic carbocycles. The van der Waals surface area contributed by atoms with Crippen LogP contribution in [0.25, 0.3) is 0 Å². The molecule has 0 unspecified atom stereocenters. The van der Waals surface area contributed by atoms with E-state index in [9.17, 15) is 4.79 Å². The zero-order chi connectivity index (χ0) is 12.3. The Balaban J connectivity index is 2.34. The van der Waals surface area contributed by atoms with E-state index in [1.165, 1.54) is 0 Å². The Bertz CT molecular complexity index is 476. The Morgan fingerprint density at radius 1 is 1.47 bits per heavy atom. The van der Waals surface area contributed by atoms with Gasteiger partial charge in [0, 0.05) is 13.1 Å². The van der Waals surface area contributed by atoms with E-state index in [4.69, 9.17) is 5.26 Å². The lowest BCUT2D eigenvalue weighted by molar-refractivity contribution is -0.119. The van der Waals surface area contributed by atoms with Crippen LogP contribution in [0.15, 0.2) is 18.2 Å². The molecule has 2 rings (SSSR count). The molecular formula is C13H15N3O. The van der Waals surface area contributed by atoms with Crippen molar-refractivity contribution in [3.63, 3.8) is 0 Å². The van der Waals surface area contributed by atoms with E-state index < -0.39 is 0 Å². The highest BCUT2D eigenvalue weighted by molar-refractivity contribution is 5.82. The minimum atomic E-state index is 0.0212.